The minimum atomic E-state index is -0.708. The first kappa shape index (κ1) is 20.9. The Morgan fingerprint density at radius 3 is 2.58 bits per heavy atom. The van der Waals surface area contributed by atoms with Gasteiger partial charge in [-0.05, 0) is 48.9 Å². The van der Waals surface area contributed by atoms with Crippen molar-refractivity contribution in [3.8, 4) is 11.5 Å². The van der Waals surface area contributed by atoms with E-state index in [2.05, 4.69) is 5.32 Å². The summed E-state index contributed by atoms with van der Waals surface area (Å²) in [4.78, 5) is 12.7. The number of rotatable bonds is 9. The summed E-state index contributed by atoms with van der Waals surface area (Å²) in [6.07, 6.45) is 0.0826. The first-order valence-electron chi connectivity index (χ1n) is 10.3. The van der Waals surface area contributed by atoms with Crippen molar-refractivity contribution >= 4 is 21.9 Å². The Morgan fingerprint density at radius 2 is 1.71 bits per heavy atom. The lowest BCUT2D eigenvalue weighted by atomic mass is 10.1. The lowest BCUT2D eigenvalue weighted by molar-refractivity contribution is 0.107. The average Bonchev–Trinajstić information content (AvgIpc) is 2.81. The first-order valence-corrected chi connectivity index (χ1v) is 10.3. The molecule has 0 aliphatic rings. The van der Waals surface area contributed by atoms with Crippen LogP contribution in [0.4, 0.5) is 0 Å². The summed E-state index contributed by atoms with van der Waals surface area (Å²) < 4.78 is 17.1. The number of aliphatic hydroxyl groups excluding tert-OH is 1. The van der Waals surface area contributed by atoms with Gasteiger partial charge in [-0.1, -0.05) is 36.4 Å². The smallest absolute Gasteiger partial charge is 0.200 e. The molecule has 0 radical (unpaired) electrons. The Hall–Kier alpha value is -3.35. The van der Waals surface area contributed by atoms with E-state index < -0.39 is 6.10 Å². The lowest BCUT2D eigenvalue weighted by Gasteiger charge is -2.14. The van der Waals surface area contributed by atoms with Gasteiger partial charge in [0.2, 0.25) is 5.43 Å². The number of nitrogens with one attached hydrogen (secondary N) is 1. The Morgan fingerprint density at radius 1 is 0.968 bits per heavy atom. The fourth-order valence-corrected chi connectivity index (χ4v) is 3.56. The zero-order valence-electron chi connectivity index (χ0n) is 17.3. The van der Waals surface area contributed by atoms with Gasteiger partial charge >= 0.3 is 0 Å². The minimum absolute atomic E-state index is 0.0807. The fraction of sp³-hybridized carbons (Fsp3) is 0.240. The highest BCUT2D eigenvalue weighted by atomic mass is 16.5. The Kier molecular flexibility index (Phi) is 6.50. The topological polar surface area (TPSA) is 80.9 Å². The van der Waals surface area contributed by atoms with E-state index in [1.54, 1.807) is 37.4 Å². The monoisotopic (exact) mass is 419 g/mol. The molecule has 4 aromatic rings. The van der Waals surface area contributed by atoms with Crippen molar-refractivity contribution < 1.29 is 19.0 Å². The zero-order valence-corrected chi connectivity index (χ0v) is 17.3. The van der Waals surface area contributed by atoms with E-state index in [0.29, 0.717) is 40.8 Å². The SMILES string of the molecule is COc1ccccc1CCNCC(O)COc1cccc2c(=O)c3ccccc3oc12. The number of hydrogen-bond acceptors (Lipinski definition) is 6. The summed E-state index contributed by atoms with van der Waals surface area (Å²) in [6.45, 7) is 1.16. The summed E-state index contributed by atoms with van der Waals surface area (Å²) in [7, 11) is 1.66. The second kappa shape index (κ2) is 9.64. The third kappa shape index (κ3) is 4.71. The number of aliphatic hydroxyl groups is 1. The van der Waals surface area contributed by atoms with Crippen LogP contribution in [0.5, 0.6) is 11.5 Å². The van der Waals surface area contributed by atoms with Crippen LogP contribution in [0, 0.1) is 0 Å². The van der Waals surface area contributed by atoms with Crippen molar-refractivity contribution in [2.24, 2.45) is 0 Å². The number of ether oxygens (including phenoxy) is 2. The molecule has 6 nitrogen and oxygen atoms in total. The van der Waals surface area contributed by atoms with Gasteiger partial charge in [0.1, 0.15) is 24.0 Å². The normalized spacial score (nSPS) is 12.2. The lowest BCUT2D eigenvalue weighted by Crippen LogP contribution is -2.32. The van der Waals surface area contributed by atoms with Crippen molar-refractivity contribution in [2.75, 3.05) is 26.8 Å². The highest BCUT2D eigenvalue weighted by Crippen LogP contribution is 2.27. The molecule has 0 bridgehead atoms. The molecule has 0 aliphatic carbocycles. The molecule has 160 valence electrons. The van der Waals surface area contributed by atoms with Gasteiger partial charge in [-0.25, -0.2) is 0 Å². The number of para-hydroxylation sites is 3. The quantitative estimate of drug-likeness (QED) is 0.319. The molecule has 3 aromatic carbocycles. The predicted octanol–water partition coefficient (Wildman–Crippen LogP) is 3.53. The number of benzene rings is 3. The molecule has 4 rings (SSSR count). The van der Waals surface area contributed by atoms with Gasteiger partial charge in [0.15, 0.2) is 11.3 Å². The standard InChI is InChI=1S/C25H25NO5/c1-29-21-10-4-2-7-17(21)13-14-26-15-18(27)16-30-23-12-6-9-20-24(28)19-8-3-5-11-22(19)31-25(20)23/h2-12,18,26-27H,13-16H2,1H3. The van der Waals surface area contributed by atoms with Gasteiger partial charge in [0.25, 0.3) is 0 Å². The van der Waals surface area contributed by atoms with Crippen molar-refractivity contribution in [3.63, 3.8) is 0 Å². The van der Waals surface area contributed by atoms with Crippen LogP contribution in [0.15, 0.2) is 75.9 Å². The van der Waals surface area contributed by atoms with Crippen LogP contribution in [-0.4, -0.2) is 38.0 Å². The van der Waals surface area contributed by atoms with E-state index in [4.69, 9.17) is 13.9 Å². The Bertz CT molecular complexity index is 1230. The van der Waals surface area contributed by atoms with Crippen molar-refractivity contribution in [2.45, 2.75) is 12.5 Å². The van der Waals surface area contributed by atoms with E-state index in [1.807, 2.05) is 36.4 Å². The molecule has 0 saturated carbocycles. The van der Waals surface area contributed by atoms with E-state index in [1.165, 1.54) is 0 Å². The van der Waals surface area contributed by atoms with E-state index in [-0.39, 0.29) is 12.0 Å². The van der Waals surface area contributed by atoms with Gasteiger partial charge < -0.3 is 24.3 Å². The maximum Gasteiger partial charge on any atom is 0.200 e. The van der Waals surface area contributed by atoms with Crippen LogP contribution in [0.3, 0.4) is 0 Å². The maximum atomic E-state index is 12.7. The summed E-state index contributed by atoms with van der Waals surface area (Å²) in [6, 6.07) is 20.2. The maximum absolute atomic E-state index is 12.7. The van der Waals surface area contributed by atoms with Crippen LogP contribution in [0.2, 0.25) is 0 Å². The van der Waals surface area contributed by atoms with Gasteiger partial charge in [-0.15, -0.1) is 0 Å². The zero-order chi connectivity index (χ0) is 21.6. The Balaban J connectivity index is 1.36. The van der Waals surface area contributed by atoms with E-state index in [0.717, 1.165) is 17.7 Å². The number of fused-ring (bicyclic) bond motifs is 2. The van der Waals surface area contributed by atoms with E-state index in [9.17, 15) is 9.90 Å². The molecule has 1 unspecified atom stereocenters. The van der Waals surface area contributed by atoms with Crippen LogP contribution in [0.1, 0.15) is 5.56 Å². The van der Waals surface area contributed by atoms with Crippen LogP contribution in [-0.2, 0) is 6.42 Å². The van der Waals surface area contributed by atoms with Crippen LogP contribution >= 0.6 is 0 Å². The molecule has 0 fully saturated rings. The van der Waals surface area contributed by atoms with Crippen LogP contribution in [0.25, 0.3) is 21.9 Å². The number of methoxy groups -OCH3 is 1. The van der Waals surface area contributed by atoms with Gasteiger partial charge in [-0.3, -0.25) is 4.79 Å². The second-order valence-corrected chi connectivity index (χ2v) is 7.29. The molecule has 0 aliphatic heterocycles. The van der Waals surface area contributed by atoms with E-state index >= 15 is 0 Å². The van der Waals surface area contributed by atoms with Gasteiger partial charge in [0, 0.05) is 6.54 Å². The van der Waals surface area contributed by atoms with Crippen molar-refractivity contribution in [3.05, 3.63) is 82.5 Å². The molecule has 0 spiro atoms. The third-order valence-electron chi connectivity index (χ3n) is 5.14. The van der Waals surface area contributed by atoms with Gasteiger partial charge in [0.05, 0.1) is 17.9 Å². The summed E-state index contributed by atoms with van der Waals surface area (Å²) in [5.41, 5.74) is 1.92. The first-order chi connectivity index (χ1) is 15.2. The summed E-state index contributed by atoms with van der Waals surface area (Å²) in [5.74, 6) is 1.30. The van der Waals surface area contributed by atoms with Gasteiger partial charge in [-0.2, -0.15) is 0 Å². The minimum Gasteiger partial charge on any atom is -0.496 e. The summed E-state index contributed by atoms with van der Waals surface area (Å²) >= 11 is 0. The molecule has 0 amide bonds. The fourth-order valence-electron chi connectivity index (χ4n) is 3.56. The molecule has 6 heteroatoms. The summed E-state index contributed by atoms with van der Waals surface area (Å²) in [5, 5.41) is 14.5. The highest BCUT2D eigenvalue weighted by Gasteiger charge is 2.13. The molecule has 1 atom stereocenters. The molecule has 2 N–H and O–H groups in total. The molecule has 0 saturated heterocycles. The molecule has 31 heavy (non-hydrogen) atoms. The van der Waals surface area contributed by atoms with Crippen molar-refractivity contribution in [1.82, 2.24) is 5.32 Å². The molecule has 1 heterocycles. The highest BCUT2D eigenvalue weighted by molar-refractivity contribution is 5.92. The second-order valence-electron chi connectivity index (χ2n) is 7.29. The molecular formula is C25H25NO5. The molecular weight excluding hydrogens is 394 g/mol. The Labute approximate surface area is 180 Å². The third-order valence-corrected chi connectivity index (χ3v) is 5.14. The predicted molar refractivity (Wildman–Crippen MR) is 121 cm³/mol. The number of hydrogen-bond donors (Lipinski definition) is 2. The largest absolute Gasteiger partial charge is 0.496 e. The average molecular weight is 419 g/mol. The van der Waals surface area contributed by atoms with Crippen molar-refractivity contribution in [1.29, 1.82) is 0 Å². The molecule has 1 aromatic heterocycles. The van der Waals surface area contributed by atoms with Crippen LogP contribution < -0.4 is 20.2 Å².